The molecule has 7 nitrogen and oxygen atoms in total. The van der Waals surface area contributed by atoms with Crippen molar-refractivity contribution in [2.24, 2.45) is 0 Å². The highest BCUT2D eigenvalue weighted by atomic mass is 32.2. The molecule has 2 aromatic carbocycles. The van der Waals surface area contributed by atoms with Gasteiger partial charge < -0.3 is 14.4 Å². The molecule has 1 heterocycles. The summed E-state index contributed by atoms with van der Waals surface area (Å²) in [6, 6.07) is 12.2. The standard InChI is InChI=1S/C19H22N2O5S/c1-25-17-8-7-16(11-18(17)26-2)27(23,24)20-12-19(22)21-10-9-14-5-3-4-6-15(14)13-21/h3-8,11,20H,9-10,12-13H2,1-2H3. The molecule has 0 saturated carbocycles. The molecule has 0 unspecified atom stereocenters. The lowest BCUT2D eigenvalue weighted by molar-refractivity contribution is -0.130. The summed E-state index contributed by atoms with van der Waals surface area (Å²) in [6.07, 6.45) is 0.768. The quantitative estimate of drug-likeness (QED) is 0.809. The summed E-state index contributed by atoms with van der Waals surface area (Å²) in [5.41, 5.74) is 2.33. The Morgan fingerprint density at radius 2 is 1.78 bits per heavy atom. The van der Waals surface area contributed by atoms with Gasteiger partial charge in [-0.3, -0.25) is 4.79 Å². The highest BCUT2D eigenvalue weighted by molar-refractivity contribution is 7.89. The zero-order valence-electron chi connectivity index (χ0n) is 15.3. The maximum absolute atomic E-state index is 12.5. The van der Waals surface area contributed by atoms with Crippen LogP contribution in [0.3, 0.4) is 0 Å². The molecule has 0 aliphatic carbocycles. The first-order valence-corrected chi connectivity index (χ1v) is 9.99. The van der Waals surface area contributed by atoms with E-state index >= 15 is 0 Å². The maximum Gasteiger partial charge on any atom is 0.241 e. The van der Waals surface area contributed by atoms with Crippen LogP contribution in [0.4, 0.5) is 0 Å². The van der Waals surface area contributed by atoms with Gasteiger partial charge in [-0.05, 0) is 29.7 Å². The Balaban J connectivity index is 1.66. The summed E-state index contributed by atoms with van der Waals surface area (Å²) < 4.78 is 37.6. The second-order valence-electron chi connectivity index (χ2n) is 6.18. The van der Waals surface area contributed by atoms with Crippen LogP contribution in [0.25, 0.3) is 0 Å². The third-order valence-corrected chi connectivity index (χ3v) is 5.96. The molecule has 27 heavy (non-hydrogen) atoms. The van der Waals surface area contributed by atoms with Crippen molar-refractivity contribution >= 4 is 15.9 Å². The second-order valence-corrected chi connectivity index (χ2v) is 7.94. The molecule has 144 valence electrons. The Morgan fingerprint density at radius 3 is 2.48 bits per heavy atom. The van der Waals surface area contributed by atoms with Crippen molar-refractivity contribution in [3.8, 4) is 11.5 Å². The first-order valence-electron chi connectivity index (χ1n) is 8.51. The van der Waals surface area contributed by atoms with Gasteiger partial charge in [0, 0.05) is 19.2 Å². The minimum Gasteiger partial charge on any atom is -0.493 e. The monoisotopic (exact) mass is 390 g/mol. The van der Waals surface area contributed by atoms with Gasteiger partial charge in [0.25, 0.3) is 0 Å². The summed E-state index contributed by atoms with van der Waals surface area (Å²) in [5, 5.41) is 0. The van der Waals surface area contributed by atoms with Gasteiger partial charge in [0.2, 0.25) is 15.9 Å². The summed E-state index contributed by atoms with van der Waals surface area (Å²) in [7, 11) is -0.943. The molecule has 2 aromatic rings. The number of nitrogens with zero attached hydrogens (tertiary/aromatic N) is 1. The molecule has 1 aliphatic rings. The molecule has 1 N–H and O–H groups in total. The molecule has 3 rings (SSSR count). The van der Waals surface area contributed by atoms with E-state index in [1.54, 1.807) is 4.90 Å². The lowest BCUT2D eigenvalue weighted by Gasteiger charge is -2.29. The van der Waals surface area contributed by atoms with Crippen molar-refractivity contribution in [1.82, 2.24) is 9.62 Å². The first-order chi connectivity index (χ1) is 12.9. The minimum absolute atomic E-state index is 0.0111. The molecule has 0 spiro atoms. The predicted octanol–water partition coefficient (Wildman–Crippen LogP) is 1.57. The summed E-state index contributed by atoms with van der Waals surface area (Å²) >= 11 is 0. The van der Waals surface area contributed by atoms with Gasteiger partial charge in [0.05, 0.1) is 25.7 Å². The largest absolute Gasteiger partial charge is 0.493 e. The van der Waals surface area contributed by atoms with Gasteiger partial charge in [-0.1, -0.05) is 24.3 Å². The topological polar surface area (TPSA) is 84.9 Å². The number of sulfonamides is 1. The SMILES string of the molecule is COc1ccc(S(=O)(=O)NCC(=O)N2CCc3ccccc3C2)cc1OC. The number of amides is 1. The van der Waals surface area contributed by atoms with Crippen LogP contribution in [-0.2, 0) is 27.8 Å². The van der Waals surface area contributed by atoms with Crippen LogP contribution in [0.5, 0.6) is 11.5 Å². The second kappa shape index (κ2) is 7.98. The number of carbonyl (C=O) groups excluding carboxylic acids is 1. The van der Waals surface area contributed by atoms with Crippen molar-refractivity contribution in [1.29, 1.82) is 0 Å². The van der Waals surface area contributed by atoms with Crippen molar-refractivity contribution in [3.63, 3.8) is 0 Å². The fourth-order valence-electron chi connectivity index (χ4n) is 3.04. The molecule has 0 radical (unpaired) electrons. The Labute approximate surface area is 158 Å². The van der Waals surface area contributed by atoms with Crippen LogP contribution in [0.2, 0.25) is 0 Å². The number of hydrogen-bond acceptors (Lipinski definition) is 5. The van der Waals surface area contributed by atoms with E-state index in [1.807, 2.05) is 18.2 Å². The fourth-order valence-corrected chi connectivity index (χ4v) is 4.03. The highest BCUT2D eigenvalue weighted by Gasteiger charge is 2.23. The lowest BCUT2D eigenvalue weighted by atomic mass is 10.00. The molecule has 0 aromatic heterocycles. The van der Waals surface area contributed by atoms with Gasteiger partial charge in [0.15, 0.2) is 11.5 Å². The number of fused-ring (bicyclic) bond motifs is 1. The number of hydrogen-bond donors (Lipinski definition) is 1. The molecule has 8 heteroatoms. The maximum atomic E-state index is 12.5. The van der Waals surface area contributed by atoms with Gasteiger partial charge in [-0.15, -0.1) is 0 Å². The van der Waals surface area contributed by atoms with E-state index in [1.165, 1.54) is 38.0 Å². The smallest absolute Gasteiger partial charge is 0.241 e. The van der Waals surface area contributed by atoms with Gasteiger partial charge in [-0.25, -0.2) is 13.1 Å². The summed E-state index contributed by atoms with van der Waals surface area (Å²) in [4.78, 5) is 14.1. The average molecular weight is 390 g/mol. The van der Waals surface area contributed by atoms with Crippen LogP contribution < -0.4 is 14.2 Å². The molecule has 0 saturated heterocycles. The van der Waals surface area contributed by atoms with E-state index < -0.39 is 10.0 Å². The van der Waals surface area contributed by atoms with E-state index in [9.17, 15) is 13.2 Å². The normalized spacial score (nSPS) is 13.8. The van der Waals surface area contributed by atoms with E-state index in [4.69, 9.17) is 9.47 Å². The third kappa shape index (κ3) is 4.23. The number of methoxy groups -OCH3 is 2. The van der Waals surface area contributed by atoms with E-state index in [-0.39, 0.29) is 17.3 Å². The van der Waals surface area contributed by atoms with Crippen LogP contribution in [0.1, 0.15) is 11.1 Å². The number of rotatable bonds is 6. The Kier molecular flexibility index (Phi) is 5.67. The van der Waals surface area contributed by atoms with Crippen LogP contribution in [0.15, 0.2) is 47.4 Å². The highest BCUT2D eigenvalue weighted by Crippen LogP contribution is 2.29. The van der Waals surface area contributed by atoms with Crippen molar-refractivity contribution < 1.29 is 22.7 Å². The number of benzene rings is 2. The van der Waals surface area contributed by atoms with Gasteiger partial charge in [-0.2, -0.15) is 0 Å². The molecule has 0 bridgehead atoms. The summed E-state index contributed by atoms with van der Waals surface area (Å²) in [6.45, 7) is 0.778. The first kappa shape index (κ1) is 19.2. The fraction of sp³-hybridized carbons (Fsp3) is 0.316. The van der Waals surface area contributed by atoms with Crippen molar-refractivity contribution in [3.05, 3.63) is 53.6 Å². The Hall–Kier alpha value is -2.58. The molecule has 1 amide bonds. The molecule has 0 atom stereocenters. The molecule has 1 aliphatic heterocycles. The molecular weight excluding hydrogens is 368 g/mol. The minimum atomic E-state index is -3.85. The zero-order chi connectivity index (χ0) is 19.4. The summed E-state index contributed by atoms with van der Waals surface area (Å²) in [5.74, 6) is 0.479. The number of nitrogens with one attached hydrogen (secondary N) is 1. The van der Waals surface area contributed by atoms with Crippen LogP contribution >= 0.6 is 0 Å². The van der Waals surface area contributed by atoms with Gasteiger partial charge in [0.1, 0.15) is 0 Å². The Morgan fingerprint density at radius 1 is 1.07 bits per heavy atom. The van der Waals surface area contributed by atoms with Crippen molar-refractivity contribution in [2.45, 2.75) is 17.9 Å². The molecular formula is C19H22N2O5S. The number of ether oxygens (including phenoxy) is 2. The lowest BCUT2D eigenvalue weighted by Crippen LogP contribution is -2.42. The zero-order valence-corrected chi connectivity index (χ0v) is 16.1. The van der Waals surface area contributed by atoms with Crippen LogP contribution in [-0.4, -0.2) is 46.5 Å². The van der Waals surface area contributed by atoms with Crippen LogP contribution in [0, 0.1) is 0 Å². The van der Waals surface area contributed by atoms with Gasteiger partial charge >= 0.3 is 0 Å². The number of carbonyl (C=O) groups is 1. The molecule has 0 fully saturated rings. The third-order valence-electron chi connectivity index (χ3n) is 4.56. The van der Waals surface area contributed by atoms with E-state index in [0.29, 0.717) is 24.6 Å². The Bertz CT molecular complexity index is 943. The van der Waals surface area contributed by atoms with E-state index in [0.717, 1.165) is 12.0 Å². The predicted molar refractivity (Wildman–Crippen MR) is 100 cm³/mol. The average Bonchev–Trinajstić information content (AvgIpc) is 2.71. The van der Waals surface area contributed by atoms with E-state index in [2.05, 4.69) is 10.8 Å². The van der Waals surface area contributed by atoms with Crippen molar-refractivity contribution in [2.75, 3.05) is 27.3 Å².